The molecule has 0 spiro atoms. The number of aromatic nitrogens is 2. The first-order valence-electron chi connectivity index (χ1n) is 7.97. The van der Waals surface area contributed by atoms with Crippen LogP contribution in [0.5, 0.6) is 0 Å². The summed E-state index contributed by atoms with van der Waals surface area (Å²) in [5, 5.41) is 10.9. The Hall–Kier alpha value is -1.07. The molecule has 2 heterocycles. The summed E-state index contributed by atoms with van der Waals surface area (Å²) in [6.45, 7) is 6.14. The van der Waals surface area contributed by atoms with Crippen molar-refractivity contribution in [2.24, 2.45) is 18.4 Å². The highest BCUT2D eigenvalue weighted by Crippen LogP contribution is 2.38. The Morgan fingerprint density at radius 1 is 1.45 bits per heavy atom. The molecule has 0 aromatic carbocycles. The number of hydrogen-bond donors (Lipinski definition) is 2. The van der Waals surface area contributed by atoms with Gasteiger partial charge in [0.2, 0.25) is 5.91 Å². The maximum absolute atomic E-state index is 12.7. The molecule has 2 N–H and O–H groups in total. The monoisotopic (exact) mass is 326 g/mol. The summed E-state index contributed by atoms with van der Waals surface area (Å²) in [7, 11) is 1.92. The van der Waals surface area contributed by atoms with E-state index in [9.17, 15) is 4.79 Å². The van der Waals surface area contributed by atoms with Crippen molar-refractivity contribution >= 4 is 18.3 Å². The zero-order valence-corrected chi connectivity index (χ0v) is 14.4. The summed E-state index contributed by atoms with van der Waals surface area (Å²) < 4.78 is 1.81. The number of amides is 1. The average Bonchev–Trinajstić information content (AvgIpc) is 3.10. The lowest BCUT2D eigenvalue weighted by molar-refractivity contribution is -0.126. The summed E-state index contributed by atoms with van der Waals surface area (Å²) in [4.78, 5) is 12.7. The lowest BCUT2D eigenvalue weighted by Gasteiger charge is -2.29. The zero-order chi connectivity index (χ0) is 15.0. The van der Waals surface area contributed by atoms with E-state index in [4.69, 9.17) is 0 Å². The number of aryl methyl sites for hydroxylation is 1. The van der Waals surface area contributed by atoms with E-state index in [0.29, 0.717) is 6.04 Å². The van der Waals surface area contributed by atoms with Gasteiger partial charge in [-0.25, -0.2) is 0 Å². The summed E-state index contributed by atoms with van der Waals surface area (Å²) in [5.74, 6) is 0.461. The third kappa shape index (κ3) is 3.30. The summed E-state index contributed by atoms with van der Waals surface area (Å²) in [6, 6.07) is 0.320. The van der Waals surface area contributed by atoms with E-state index in [-0.39, 0.29) is 35.6 Å². The van der Waals surface area contributed by atoms with E-state index in [1.165, 1.54) is 12.8 Å². The maximum atomic E-state index is 12.7. The van der Waals surface area contributed by atoms with E-state index in [2.05, 4.69) is 29.6 Å². The number of hydrogen-bond acceptors (Lipinski definition) is 3. The molecule has 0 bridgehead atoms. The summed E-state index contributed by atoms with van der Waals surface area (Å²) in [6.07, 6.45) is 7.44. The lowest BCUT2D eigenvalue weighted by Crippen LogP contribution is -2.45. The molecule has 1 aliphatic heterocycles. The maximum Gasteiger partial charge on any atom is 0.225 e. The number of carbonyl (C=O) groups excluding carboxylic acids is 1. The average molecular weight is 327 g/mol. The van der Waals surface area contributed by atoms with Crippen LogP contribution in [0.25, 0.3) is 0 Å². The van der Waals surface area contributed by atoms with E-state index in [1.807, 2.05) is 24.1 Å². The molecular weight excluding hydrogens is 300 g/mol. The third-order valence-electron chi connectivity index (χ3n) is 5.28. The van der Waals surface area contributed by atoms with Crippen molar-refractivity contribution in [3.63, 3.8) is 0 Å². The molecule has 2 aliphatic rings. The fourth-order valence-electron chi connectivity index (χ4n) is 3.81. The van der Waals surface area contributed by atoms with Gasteiger partial charge in [-0.3, -0.25) is 9.48 Å². The molecule has 1 aliphatic carbocycles. The number of nitrogens with one attached hydrogen (secondary N) is 2. The minimum Gasteiger partial charge on any atom is -0.353 e. The molecule has 1 aromatic rings. The molecule has 1 saturated heterocycles. The van der Waals surface area contributed by atoms with Gasteiger partial charge >= 0.3 is 0 Å². The normalized spacial score (nSPS) is 30.0. The highest BCUT2D eigenvalue weighted by atomic mass is 35.5. The molecule has 1 saturated carbocycles. The SMILES string of the molecule is Cl.Cn1cc([C@H]2CNC[C@@H]2C(=O)NC2CCCC2(C)C)cn1. The first-order valence-corrected chi connectivity index (χ1v) is 7.97. The Bertz CT molecular complexity index is 528. The number of carbonyl (C=O) groups is 1. The number of nitrogens with zero attached hydrogens (tertiary/aromatic N) is 2. The summed E-state index contributed by atoms with van der Waals surface area (Å²) in [5.41, 5.74) is 1.39. The van der Waals surface area contributed by atoms with Crippen LogP contribution >= 0.6 is 12.4 Å². The molecule has 3 rings (SSSR count). The van der Waals surface area contributed by atoms with E-state index in [0.717, 1.165) is 25.1 Å². The second-order valence-corrected chi connectivity index (χ2v) is 7.26. The molecule has 6 heteroatoms. The molecule has 5 nitrogen and oxygen atoms in total. The molecule has 1 amide bonds. The molecule has 1 unspecified atom stereocenters. The van der Waals surface area contributed by atoms with Gasteiger partial charge in [-0.1, -0.05) is 20.3 Å². The predicted molar refractivity (Wildman–Crippen MR) is 89.1 cm³/mol. The molecular formula is C16H27ClN4O. The lowest BCUT2D eigenvalue weighted by atomic mass is 9.85. The van der Waals surface area contributed by atoms with Crippen molar-refractivity contribution in [3.8, 4) is 0 Å². The second-order valence-electron chi connectivity index (χ2n) is 7.26. The van der Waals surface area contributed by atoms with Crippen LogP contribution in [-0.2, 0) is 11.8 Å². The Kier molecular flexibility index (Phi) is 5.17. The van der Waals surface area contributed by atoms with Crippen LogP contribution in [0.1, 0.15) is 44.6 Å². The minimum atomic E-state index is 0. The quantitative estimate of drug-likeness (QED) is 0.891. The fourth-order valence-corrected chi connectivity index (χ4v) is 3.81. The molecule has 124 valence electrons. The molecule has 1 aromatic heterocycles. The van der Waals surface area contributed by atoms with Crippen molar-refractivity contribution in [3.05, 3.63) is 18.0 Å². The number of rotatable bonds is 3. The third-order valence-corrected chi connectivity index (χ3v) is 5.28. The Labute approximate surface area is 138 Å². The van der Waals surface area contributed by atoms with Gasteiger partial charge in [-0.05, 0) is 23.8 Å². The highest BCUT2D eigenvalue weighted by molar-refractivity contribution is 5.85. The van der Waals surface area contributed by atoms with Crippen LogP contribution in [-0.4, -0.2) is 34.8 Å². The van der Waals surface area contributed by atoms with E-state index in [1.54, 1.807) is 0 Å². The van der Waals surface area contributed by atoms with Crippen molar-refractivity contribution in [1.82, 2.24) is 20.4 Å². The molecule has 2 fully saturated rings. The van der Waals surface area contributed by atoms with E-state index < -0.39 is 0 Å². The predicted octanol–water partition coefficient (Wildman–Crippen LogP) is 1.84. The molecule has 22 heavy (non-hydrogen) atoms. The first-order chi connectivity index (χ1) is 9.97. The van der Waals surface area contributed by atoms with Crippen molar-refractivity contribution in [2.75, 3.05) is 13.1 Å². The van der Waals surface area contributed by atoms with Gasteiger partial charge in [0.15, 0.2) is 0 Å². The standard InChI is InChI=1S/C16H26N4O.ClH/c1-16(2)6-4-5-14(16)19-15(21)13-9-17-8-12(13)11-7-18-20(3)10-11;/h7,10,12-14,17H,4-6,8-9H2,1-3H3,(H,19,21);1H/t12-,13+,14?;/m1./s1. The van der Waals surface area contributed by atoms with Gasteiger partial charge in [-0.2, -0.15) is 5.10 Å². The Morgan fingerprint density at radius 3 is 2.82 bits per heavy atom. The van der Waals surface area contributed by atoms with Crippen LogP contribution in [0.4, 0.5) is 0 Å². The molecule has 0 radical (unpaired) electrons. The van der Waals surface area contributed by atoms with Crippen LogP contribution < -0.4 is 10.6 Å². The Morgan fingerprint density at radius 2 is 2.23 bits per heavy atom. The van der Waals surface area contributed by atoms with Crippen molar-refractivity contribution in [2.45, 2.75) is 45.1 Å². The van der Waals surface area contributed by atoms with Crippen LogP contribution in [0, 0.1) is 11.3 Å². The van der Waals surface area contributed by atoms with Gasteiger partial charge in [0, 0.05) is 38.3 Å². The highest BCUT2D eigenvalue weighted by Gasteiger charge is 2.39. The van der Waals surface area contributed by atoms with Crippen molar-refractivity contribution in [1.29, 1.82) is 0 Å². The van der Waals surface area contributed by atoms with Gasteiger partial charge in [0.25, 0.3) is 0 Å². The van der Waals surface area contributed by atoms with Crippen molar-refractivity contribution < 1.29 is 4.79 Å². The zero-order valence-electron chi connectivity index (χ0n) is 13.6. The van der Waals surface area contributed by atoms with Gasteiger partial charge in [0.1, 0.15) is 0 Å². The van der Waals surface area contributed by atoms with Gasteiger partial charge in [-0.15, -0.1) is 12.4 Å². The van der Waals surface area contributed by atoms with Crippen LogP contribution in [0.2, 0.25) is 0 Å². The minimum absolute atomic E-state index is 0. The van der Waals surface area contributed by atoms with Crippen LogP contribution in [0.15, 0.2) is 12.4 Å². The topological polar surface area (TPSA) is 59.0 Å². The van der Waals surface area contributed by atoms with E-state index >= 15 is 0 Å². The van der Waals surface area contributed by atoms with Gasteiger partial charge < -0.3 is 10.6 Å². The molecule has 3 atom stereocenters. The Balaban J connectivity index is 0.00000176. The van der Waals surface area contributed by atoms with Crippen LogP contribution in [0.3, 0.4) is 0 Å². The summed E-state index contributed by atoms with van der Waals surface area (Å²) >= 11 is 0. The smallest absolute Gasteiger partial charge is 0.225 e. The fraction of sp³-hybridized carbons (Fsp3) is 0.750. The first kappa shape index (κ1) is 17.3. The number of halogens is 1. The van der Waals surface area contributed by atoms with Gasteiger partial charge in [0.05, 0.1) is 12.1 Å². The second kappa shape index (κ2) is 6.59. The largest absolute Gasteiger partial charge is 0.353 e.